The first-order valence-electron chi connectivity index (χ1n) is 5.68. The van der Waals surface area contributed by atoms with E-state index in [1.807, 2.05) is 0 Å². The van der Waals surface area contributed by atoms with Crippen molar-refractivity contribution in [2.75, 3.05) is 0 Å². The first kappa shape index (κ1) is 15.7. The highest BCUT2D eigenvalue weighted by Crippen LogP contribution is 2.30. The van der Waals surface area contributed by atoms with E-state index in [9.17, 15) is 13.6 Å². The molecule has 3 nitrogen and oxygen atoms in total. The number of rotatable bonds is 4. The Morgan fingerprint density at radius 3 is 2.67 bits per heavy atom. The second-order valence-electron chi connectivity index (χ2n) is 4.03. The molecule has 0 atom stereocenters. The summed E-state index contributed by atoms with van der Waals surface area (Å²) in [6.45, 7) is -0.485. The molecule has 0 radical (unpaired) electrons. The van der Waals surface area contributed by atoms with Crippen molar-refractivity contribution in [3.63, 3.8) is 0 Å². The standard InChI is InChI=1S/C14H8BrClF2O3/c15-9-4-5-11(17)8(12(9)18)6-21-13-7(14(19)20)2-1-3-10(13)16/h1-5H,6H2,(H,19,20). The molecule has 0 saturated heterocycles. The number of aromatic carboxylic acids is 1. The van der Waals surface area contributed by atoms with E-state index < -0.39 is 24.2 Å². The molecule has 21 heavy (non-hydrogen) atoms. The molecule has 2 aromatic carbocycles. The SMILES string of the molecule is O=C(O)c1cccc(Cl)c1OCc1c(F)ccc(Br)c1F. The molecule has 0 unspecified atom stereocenters. The summed E-state index contributed by atoms with van der Waals surface area (Å²) in [6.07, 6.45) is 0. The molecule has 2 rings (SSSR count). The number of halogens is 4. The lowest BCUT2D eigenvalue weighted by atomic mass is 10.2. The topological polar surface area (TPSA) is 46.5 Å². The molecule has 0 aliphatic rings. The van der Waals surface area contributed by atoms with E-state index in [-0.39, 0.29) is 26.4 Å². The maximum atomic E-state index is 13.8. The number of carboxylic acids is 1. The summed E-state index contributed by atoms with van der Waals surface area (Å²) in [5.41, 5.74) is -0.501. The van der Waals surface area contributed by atoms with Crippen LogP contribution in [0.3, 0.4) is 0 Å². The maximum absolute atomic E-state index is 13.8. The van der Waals surface area contributed by atoms with Crippen LogP contribution in [0.4, 0.5) is 8.78 Å². The van der Waals surface area contributed by atoms with Crippen molar-refractivity contribution in [3.05, 3.63) is 62.6 Å². The van der Waals surface area contributed by atoms with Gasteiger partial charge in [-0.2, -0.15) is 0 Å². The summed E-state index contributed by atoms with van der Waals surface area (Å²) >= 11 is 8.81. The zero-order valence-electron chi connectivity index (χ0n) is 10.4. The van der Waals surface area contributed by atoms with Gasteiger partial charge in [-0.25, -0.2) is 13.6 Å². The van der Waals surface area contributed by atoms with Gasteiger partial charge in [0.1, 0.15) is 23.8 Å². The van der Waals surface area contributed by atoms with Gasteiger partial charge in [0, 0.05) is 0 Å². The fourth-order valence-electron chi connectivity index (χ4n) is 1.67. The highest BCUT2D eigenvalue weighted by molar-refractivity contribution is 9.10. The molecule has 1 N–H and O–H groups in total. The zero-order chi connectivity index (χ0) is 15.6. The summed E-state index contributed by atoms with van der Waals surface area (Å²) in [4.78, 5) is 11.1. The molecule has 0 aliphatic heterocycles. The number of carbonyl (C=O) groups is 1. The van der Waals surface area contributed by atoms with Crippen LogP contribution in [0.25, 0.3) is 0 Å². The summed E-state index contributed by atoms with van der Waals surface area (Å²) in [5, 5.41) is 9.09. The lowest BCUT2D eigenvalue weighted by Gasteiger charge is -2.12. The van der Waals surface area contributed by atoms with Gasteiger partial charge in [0.25, 0.3) is 0 Å². The molecule has 0 bridgehead atoms. The van der Waals surface area contributed by atoms with Gasteiger partial charge >= 0.3 is 5.97 Å². The monoisotopic (exact) mass is 376 g/mol. The van der Waals surface area contributed by atoms with Crippen LogP contribution in [0, 0.1) is 11.6 Å². The fraction of sp³-hybridized carbons (Fsp3) is 0.0714. The van der Waals surface area contributed by atoms with Gasteiger partial charge in [0.05, 0.1) is 15.1 Å². The zero-order valence-corrected chi connectivity index (χ0v) is 12.7. The van der Waals surface area contributed by atoms with Crippen molar-refractivity contribution in [2.45, 2.75) is 6.61 Å². The third-order valence-electron chi connectivity index (χ3n) is 2.70. The minimum atomic E-state index is -1.25. The smallest absolute Gasteiger partial charge is 0.339 e. The molecular formula is C14H8BrClF2O3. The van der Waals surface area contributed by atoms with Crippen LogP contribution in [0.15, 0.2) is 34.8 Å². The maximum Gasteiger partial charge on any atom is 0.339 e. The summed E-state index contributed by atoms with van der Waals surface area (Å²) in [6, 6.07) is 6.47. The van der Waals surface area contributed by atoms with E-state index in [2.05, 4.69) is 15.9 Å². The molecular weight excluding hydrogens is 370 g/mol. The van der Waals surface area contributed by atoms with E-state index in [1.54, 1.807) is 0 Å². The van der Waals surface area contributed by atoms with Crippen molar-refractivity contribution in [1.82, 2.24) is 0 Å². The predicted octanol–water partition coefficient (Wildman–Crippen LogP) is 4.66. The fourth-order valence-corrected chi connectivity index (χ4v) is 2.27. The number of benzene rings is 2. The summed E-state index contributed by atoms with van der Waals surface area (Å²) in [5.74, 6) is -2.98. The predicted molar refractivity (Wildman–Crippen MR) is 76.8 cm³/mol. The molecule has 0 aliphatic carbocycles. The van der Waals surface area contributed by atoms with Crippen LogP contribution in [-0.4, -0.2) is 11.1 Å². The van der Waals surface area contributed by atoms with Gasteiger partial charge in [0.2, 0.25) is 0 Å². The van der Waals surface area contributed by atoms with Gasteiger partial charge in [-0.3, -0.25) is 0 Å². The Kier molecular flexibility index (Phi) is 4.80. The van der Waals surface area contributed by atoms with E-state index >= 15 is 0 Å². The average Bonchev–Trinajstić information content (AvgIpc) is 2.44. The number of hydrogen-bond donors (Lipinski definition) is 1. The Hall–Kier alpha value is -1.66. The van der Waals surface area contributed by atoms with Crippen LogP contribution >= 0.6 is 27.5 Å². The van der Waals surface area contributed by atoms with Gasteiger partial charge < -0.3 is 9.84 Å². The molecule has 0 fully saturated rings. The molecule has 110 valence electrons. The summed E-state index contributed by atoms with van der Waals surface area (Å²) < 4.78 is 32.7. The van der Waals surface area contributed by atoms with Gasteiger partial charge in [-0.05, 0) is 40.2 Å². The van der Waals surface area contributed by atoms with Crippen molar-refractivity contribution < 1.29 is 23.4 Å². The summed E-state index contributed by atoms with van der Waals surface area (Å²) in [7, 11) is 0. The van der Waals surface area contributed by atoms with Crippen LogP contribution in [0.5, 0.6) is 5.75 Å². The van der Waals surface area contributed by atoms with Crippen molar-refractivity contribution in [1.29, 1.82) is 0 Å². The van der Waals surface area contributed by atoms with Crippen molar-refractivity contribution >= 4 is 33.5 Å². The molecule has 0 heterocycles. The second-order valence-corrected chi connectivity index (χ2v) is 5.29. The Morgan fingerprint density at radius 1 is 1.29 bits per heavy atom. The second kappa shape index (κ2) is 6.41. The molecule has 0 aromatic heterocycles. The molecule has 0 amide bonds. The van der Waals surface area contributed by atoms with Crippen LogP contribution in [0.2, 0.25) is 5.02 Å². The number of para-hydroxylation sites is 1. The Balaban J connectivity index is 2.34. The molecule has 7 heteroatoms. The first-order chi connectivity index (χ1) is 9.91. The van der Waals surface area contributed by atoms with Crippen LogP contribution in [-0.2, 0) is 6.61 Å². The van der Waals surface area contributed by atoms with Crippen molar-refractivity contribution in [2.24, 2.45) is 0 Å². The van der Waals surface area contributed by atoms with Gasteiger partial charge in [-0.1, -0.05) is 17.7 Å². The largest absolute Gasteiger partial charge is 0.486 e. The average molecular weight is 378 g/mol. The van der Waals surface area contributed by atoms with Gasteiger partial charge in [-0.15, -0.1) is 0 Å². The lowest BCUT2D eigenvalue weighted by molar-refractivity contribution is 0.0691. The number of hydrogen-bond acceptors (Lipinski definition) is 2. The Morgan fingerprint density at radius 2 is 2.00 bits per heavy atom. The van der Waals surface area contributed by atoms with Crippen molar-refractivity contribution in [3.8, 4) is 5.75 Å². The Labute approximate surface area is 132 Å². The lowest BCUT2D eigenvalue weighted by Crippen LogP contribution is -2.07. The highest BCUT2D eigenvalue weighted by Gasteiger charge is 2.18. The van der Waals surface area contributed by atoms with Crippen LogP contribution in [0.1, 0.15) is 15.9 Å². The molecule has 0 saturated carbocycles. The third kappa shape index (κ3) is 3.33. The molecule has 2 aromatic rings. The number of ether oxygens (including phenoxy) is 1. The Bertz CT molecular complexity index is 707. The van der Waals surface area contributed by atoms with E-state index in [1.165, 1.54) is 24.3 Å². The van der Waals surface area contributed by atoms with E-state index in [4.69, 9.17) is 21.4 Å². The quantitative estimate of drug-likeness (QED) is 0.789. The van der Waals surface area contributed by atoms with E-state index in [0.29, 0.717) is 0 Å². The van der Waals surface area contributed by atoms with Gasteiger partial charge in [0.15, 0.2) is 5.75 Å². The van der Waals surface area contributed by atoms with Crippen LogP contribution < -0.4 is 4.74 Å². The van der Waals surface area contributed by atoms with E-state index in [0.717, 1.165) is 6.07 Å². The highest BCUT2D eigenvalue weighted by atomic mass is 79.9. The first-order valence-corrected chi connectivity index (χ1v) is 6.86. The normalized spacial score (nSPS) is 10.5. The molecule has 0 spiro atoms. The third-order valence-corrected chi connectivity index (χ3v) is 3.61. The minimum absolute atomic E-state index is 0.0470. The minimum Gasteiger partial charge on any atom is -0.486 e. The number of carboxylic acid groups (broad SMARTS) is 1.